The van der Waals surface area contributed by atoms with Crippen molar-refractivity contribution in [1.29, 1.82) is 0 Å². The normalized spacial score (nSPS) is 11.4. The first kappa shape index (κ1) is 14.1. The molecule has 0 aliphatic carbocycles. The Hall–Kier alpha value is -0.930. The number of pyridine rings is 1. The Morgan fingerprint density at radius 3 is 2.76 bits per heavy atom. The molecule has 1 aromatic heterocycles. The fraction of sp³-hybridized carbons (Fsp3) is 0.643. The Morgan fingerprint density at radius 2 is 2.18 bits per heavy atom. The molecule has 0 aliphatic rings. The van der Waals surface area contributed by atoms with E-state index in [-0.39, 0.29) is 0 Å². The zero-order valence-electron chi connectivity index (χ0n) is 11.3. The Balaban J connectivity index is 2.24. The fourth-order valence-corrected chi connectivity index (χ4v) is 1.70. The molecule has 1 aromatic rings. The van der Waals surface area contributed by atoms with Crippen LogP contribution in [0.4, 0.5) is 0 Å². The molecule has 1 rings (SSSR count). The van der Waals surface area contributed by atoms with Crippen molar-refractivity contribution in [3.8, 4) is 0 Å². The molecule has 0 fully saturated rings. The maximum Gasteiger partial charge on any atom is 0.0543 e. The van der Waals surface area contributed by atoms with Gasteiger partial charge in [0, 0.05) is 25.8 Å². The van der Waals surface area contributed by atoms with Crippen molar-refractivity contribution >= 4 is 0 Å². The van der Waals surface area contributed by atoms with Crippen molar-refractivity contribution in [2.24, 2.45) is 5.92 Å². The van der Waals surface area contributed by atoms with E-state index in [2.05, 4.69) is 42.0 Å². The molecule has 0 saturated heterocycles. The topological polar surface area (TPSA) is 28.2 Å². The van der Waals surface area contributed by atoms with Gasteiger partial charge in [0.25, 0.3) is 0 Å². The van der Waals surface area contributed by atoms with Crippen molar-refractivity contribution in [3.05, 3.63) is 30.1 Å². The van der Waals surface area contributed by atoms with E-state index in [1.165, 1.54) is 0 Å². The van der Waals surface area contributed by atoms with Gasteiger partial charge in [0.05, 0.1) is 5.69 Å². The van der Waals surface area contributed by atoms with Gasteiger partial charge in [-0.05, 0) is 31.1 Å². The summed E-state index contributed by atoms with van der Waals surface area (Å²) in [5, 5.41) is 3.47. The van der Waals surface area contributed by atoms with Crippen LogP contribution in [0.2, 0.25) is 0 Å². The van der Waals surface area contributed by atoms with Crippen molar-refractivity contribution < 1.29 is 0 Å². The molecule has 3 nitrogen and oxygen atoms in total. The number of hydrogen-bond donors (Lipinski definition) is 1. The molecule has 0 unspecified atom stereocenters. The summed E-state index contributed by atoms with van der Waals surface area (Å²) in [6.07, 6.45) is 1.86. The summed E-state index contributed by atoms with van der Waals surface area (Å²) in [6, 6.07) is 6.10. The first-order valence-corrected chi connectivity index (χ1v) is 6.55. The summed E-state index contributed by atoms with van der Waals surface area (Å²) in [7, 11) is 0. The maximum atomic E-state index is 4.36. The highest BCUT2D eigenvalue weighted by Crippen LogP contribution is 1.99. The molecule has 0 saturated carbocycles. The molecule has 0 aromatic carbocycles. The van der Waals surface area contributed by atoms with E-state index in [4.69, 9.17) is 0 Å². The van der Waals surface area contributed by atoms with E-state index in [1.807, 2.05) is 18.3 Å². The van der Waals surface area contributed by atoms with E-state index < -0.39 is 0 Å². The van der Waals surface area contributed by atoms with Crippen LogP contribution >= 0.6 is 0 Å². The van der Waals surface area contributed by atoms with E-state index in [1.54, 1.807) is 0 Å². The van der Waals surface area contributed by atoms with Gasteiger partial charge in [-0.1, -0.05) is 26.8 Å². The van der Waals surface area contributed by atoms with Crippen LogP contribution in [0.3, 0.4) is 0 Å². The quantitative estimate of drug-likeness (QED) is 0.700. The Labute approximate surface area is 105 Å². The third-order valence-electron chi connectivity index (χ3n) is 2.72. The van der Waals surface area contributed by atoms with Crippen LogP contribution in [-0.2, 0) is 6.54 Å². The minimum absolute atomic E-state index is 0.723. The average molecular weight is 235 g/mol. The Morgan fingerprint density at radius 1 is 1.35 bits per heavy atom. The fourth-order valence-electron chi connectivity index (χ4n) is 1.70. The van der Waals surface area contributed by atoms with Gasteiger partial charge in [0.2, 0.25) is 0 Å². The van der Waals surface area contributed by atoms with Crippen LogP contribution < -0.4 is 5.32 Å². The summed E-state index contributed by atoms with van der Waals surface area (Å²) in [5.41, 5.74) is 1.15. The minimum atomic E-state index is 0.723. The summed E-state index contributed by atoms with van der Waals surface area (Å²) in [4.78, 5) is 6.77. The molecule has 0 spiro atoms. The summed E-state index contributed by atoms with van der Waals surface area (Å²) in [5.74, 6) is 0.723. The third-order valence-corrected chi connectivity index (χ3v) is 2.72. The lowest BCUT2D eigenvalue weighted by Gasteiger charge is -2.20. The van der Waals surface area contributed by atoms with Crippen LogP contribution in [-0.4, -0.2) is 36.1 Å². The summed E-state index contributed by atoms with van der Waals surface area (Å²) in [6.45, 7) is 11.9. The maximum absolute atomic E-state index is 4.36. The predicted molar refractivity (Wildman–Crippen MR) is 72.9 cm³/mol. The lowest BCUT2D eigenvalue weighted by atomic mass is 10.2. The molecule has 1 heterocycles. The molecular formula is C14H25N3. The number of likely N-dealkylation sites (N-methyl/N-ethyl adjacent to an activating group) is 1. The molecule has 96 valence electrons. The highest BCUT2D eigenvalue weighted by atomic mass is 15.1. The molecule has 1 N–H and O–H groups in total. The zero-order chi connectivity index (χ0) is 12.5. The third kappa shape index (κ3) is 6.39. The zero-order valence-corrected chi connectivity index (χ0v) is 11.3. The molecule has 0 amide bonds. The van der Waals surface area contributed by atoms with Gasteiger partial charge in [-0.15, -0.1) is 0 Å². The monoisotopic (exact) mass is 235 g/mol. The molecule has 0 atom stereocenters. The standard InChI is InChI=1S/C14H25N3/c1-4-17(10-9-15-11-13(2)3)12-14-7-5-6-8-16-14/h5-8,13,15H,4,9-12H2,1-3H3. The number of rotatable bonds is 8. The molecule has 17 heavy (non-hydrogen) atoms. The van der Waals surface area contributed by atoms with Gasteiger partial charge in [-0.2, -0.15) is 0 Å². The summed E-state index contributed by atoms with van der Waals surface area (Å²) >= 11 is 0. The number of hydrogen-bond acceptors (Lipinski definition) is 3. The molecule has 0 bridgehead atoms. The van der Waals surface area contributed by atoms with Crippen LogP contribution in [0.25, 0.3) is 0 Å². The van der Waals surface area contributed by atoms with Crippen molar-refractivity contribution in [2.75, 3.05) is 26.2 Å². The van der Waals surface area contributed by atoms with Gasteiger partial charge in [-0.3, -0.25) is 9.88 Å². The molecule has 0 radical (unpaired) electrons. The Kier molecular flexibility index (Phi) is 6.82. The first-order valence-electron chi connectivity index (χ1n) is 6.55. The van der Waals surface area contributed by atoms with E-state index in [9.17, 15) is 0 Å². The minimum Gasteiger partial charge on any atom is -0.315 e. The van der Waals surface area contributed by atoms with Crippen LogP contribution in [0.5, 0.6) is 0 Å². The van der Waals surface area contributed by atoms with Crippen molar-refractivity contribution in [2.45, 2.75) is 27.3 Å². The second kappa shape index (κ2) is 8.20. The second-order valence-electron chi connectivity index (χ2n) is 4.79. The summed E-state index contributed by atoms with van der Waals surface area (Å²) < 4.78 is 0. The SMILES string of the molecule is CCN(CCNCC(C)C)Cc1ccccn1. The van der Waals surface area contributed by atoms with E-state index in [0.29, 0.717) is 0 Å². The van der Waals surface area contributed by atoms with Gasteiger partial charge >= 0.3 is 0 Å². The van der Waals surface area contributed by atoms with Gasteiger partial charge in [-0.25, -0.2) is 0 Å². The highest BCUT2D eigenvalue weighted by Gasteiger charge is 2.03. The van der Waals surface area contributed by atoms with E-state index in [0.717, 1.165) is 44.3 Å². The van der Waals surface area contributed by atoms with Crippen LogP contribution in [0.1, 0.15) is 26.5 Å². The second-order valence-corrected chi connectivity index (χ2v) is 4.79. The molecule has 3 heteroatoms. The van der Waals surface area contributed by atoms with Crippen molar-refractivity contribution in [1.82, 2.24) is 15.2 Å². The lowest BCUT2D eigenvalue weighted by molar-refractivity contribution is 0.274. The molecular weight excluding hydrogens is 210 g/mol. The first-order chi connectivity index (χ1) is 8.22. The van der Waals surface area contributed by atoms with Gasteiger partial charge in [0.15, 0.2) is 0 Å². The Bertz CT molecular complexity index is 285. The van der Waals surface area contributed by atoms with E-state index >= 15 is 0 Å². The van der Waals surface area contributed by atoms with Gasteiger partial charge in [0.1, 0.15) is 0 Å². The number of nitrogens with one attached hydrogen (secondary N) is 1. The number of aromatic nitrogens is 1. The molecule has 0 aliphatic heterocycles. The lowest BCUT2D eigenvalue weighted by Crippen LogP contribution is -2.33. The number of nitrogens with zero attached hydrogens (tertiary/aromatic N) is 2. The highest BCUT2D eigenvalue weighted by molar-refractivity contribution is 5.03. The predicted octanol–water partition coefficient (Wildman–Crippen LogP) is 2.15. The van der Waals surface area contributed by atoms with Crippen LogP contribution in [0.15, 0.2) is 24.4 Å². The smallest absolute Gasteiger partial charge is 0.0543 e. The van der Waals surface area contributed by atoms with Crippen LogP contribution in [0, 0.1) is 5.92 Å². The van der Waals surface area contributed by atoms with Crippen molar-refractivity contribution in [3.63, 3.8) is 0 Å². The largest absolute Gasteiger partial charge is 0.315 e. The van der Waals surface area contributed by atoms with Gasteiger partial charge < -0.3 is 5.32 Å². The average Bonchev–Trinajstić information content (AvgIpc) is 2.34.